The summed E-state index contributed by atoms with van der Waals surface area (Å²) in [6.07, 6.45) is 2.22. The minimum Gasteiger partial charge on any atom is -0.493 e. The number of nitrogens with zero attached hydrogens (tertiary/aromatic N) is 4. The number of rotatable bonds is 10. The molecular weight excluding hydrogens is 460 g/mol. The molecule has 0 radical (unpaired) electrons. The van der Waals surface area contributed by atoms with Gasteiger partial charge in [0.15, 0.2) is 23.9 Å². The molecule has 0 aliphatic carbocycles. The van der Waals surface area contributed by atoms with Gasteiger partial charge in [0.2, 0.25) is 0 Å². The standard InChI is InChI=1S/C23H25ClN6O4/c1-30-20(11-14-4-6-17-16(22(14)24)12-26-28-17)27-23(29-30)15-5-7-18(19(10-15)33-3)34-13-21(31)25-8-9-32-2/h4-7,10,12H,8-9,11,13H2,1-3H3,(H,25,31)(H,26,28). The Morgan fingerprint density at radius 3 is 2.85 bits per heavy atom. The second kappa shape index (κ2) is 10.5. The first kappa shape index (κ1) is 23.5. The van der Waals surface area contributed by atoms with E-state index in [4.69, 9.17) is 30.8 Å². The van der Waals surface area contributed by atoms with Crippen molar-refractivity contribution in [1.29, 1.82) is 0 Å². The molecule has 11 heteroatoms. The fraction of sp³-hybridized carbons (Fsp3) is 0.304. The van der Waals surface area contributed by atoms with E-state index >= 15 is 0 Å². The molecular formula is C23H25ClN6O4. The van der Waals surface area contributed by atoms with Crippen LogP contribution < -0.4 is 14.8 Å². The van der Waals surface area contributed by atoms with Gasteiger partial charge in [-0.15, -0.1) is 0 Å². The summed E-state index contributed by atoms with van der Waals surface area (Å²) >= 11 is 6.57. The molecule has 178 valence electrons. The van der Waals surface area contributed by atoms with Crippen molar-refractivity contribution < 1.29 is 19.0 Å². The van der Waals surface area contributed by atoms with Crippen molar-refractivity contribution in [2.45, 2.75) is 6.42 Å². The van der Waals surface area contributed by atoms with E-state index in [1.54, 1.807) is 30.1 Å². The third-order valence-corrected chi connectivity index (χ3v) is 5.70. The molecule has 0 unspecified atom stereocenters. The molecule has 1 amide bonds. The van der Waals surface area contributed by atoms with Gasteiger partial charge in [0.25, 0.3) is 5.91 Å². The summed E-state index contributed by atoms with van der Waals surface area (Å²) in [7, 11) is 4.95. The first-order chi connectivity index (χ1) is 16.5. The van der Waals surface area contributed by atoms with Gasteiger partial charge in [-0.3, -0.25) is 14.6 Å². The van der Waals surface area contributed by atoms with Crippen molar-refractivity contribution in [3.8, 4) is 22.9 Å². The third kappa shape index (κ3) is 5.13. The number of aryl methyl sites for hydroxylation is 1. The second-order valence-electron chi connectivity index (χ2n) is 7.52. The molecule has 0 atom stereocenters. The maximum atomic E-state index is 11.9. The average molecular weight is 485 g/mol. The number of hydrogen-bond acceptors (Lipinski definition) is 7. The van der Waals surface area contributed by atoms with Crippen LogP contribution in [0.2, 0.25) is 5.02 Å². The van der Waals surface area contributed by atoms with Crippen LogP contribution in [0.4, 0.5) is 0 Å². The van der Waals surface area contributed by atoms with Gasteiger partial charge >= 0.3 is 0 Å². The zero-order chi connectivity index (χ0) is 24.1. The Kier molecular flexibility index (Phi) is 7.29. The summed E-state index contributed by atoms with van der Waals surface area (Å²) in [5, 5.41) is 15.7. The number of benzene rings is 2. The minimum absolute atomic E-state index is 0.132. The molecule has 2 N–H and O–H groups in total. The van der Waals surface area contributed by atoms with Crippen LogP contribution in [0.3, 0.4) is 0 Å². The maximum absolute atomic E-state index is 11.9. The van der Waals surface area contributed by atoms with Crippen molar-refractivity contribution in [3.63, 3.8) is 0 Å². The number of methoxy groups -OCH3 is 2. The Morgan fingerprint density at radius 1 is 1.21 bits per heavy atom. The lowest BCUT2D eigenvalue weighted by Crippen LogP contribution is -2.31. The van der Waals surface area contributed by atoms with E-state index in [0.29, 0.717) is 41.9 Å². The molecule has 0 aliphatic heterocycles. The number of hydrogen-bond donors (Lipinski definition) is 2. The van der Waals surface area contributed by atoms with Crippen molar-refractivity contribution in [2.24, 2.45) is 7.05 Å². The molecule has 4 rings (SSSR count). The Morgan fingerprint density at radius 2 is 2.06 bits per heavy atom. The van der Waals surface area contributed by atoms with Gasteiger partial charge < -0.3 is 19.5 Å². The summed E-state index contributed by atoms with van der Waals surface area (Å²) in [6, 6.07) is 9.24. The van der Waals surface area contributed by atoms with E-state index < -0.39 is 0 Å². The summed E-state index contributed by atoms with van der Waals surface area (Å²) in [5.74, 6) is 1.98. The molecule has 34 heavy (non-hydrogen) atoms. The molecule has 2 heterocycles. The van der Waals surface area contributed by atoms with Crippen LogP contribution in [0.1, 0.15) is 11.4 Å². The van der Waals surface area contributed by atoms with Crippen LogP contribution in [-0.2, 0) is 23.0 Å². The summed E-state index contributed by atoms with van der Waals surface area (Å²) < 4.78 is 17.7. The number of carbonyl (C=O) groups excluding carboxylic acids is 1. The third-order valence-electron chi connectivity index (χ3n) is 5.25. The highest BCUT2D eigenvalue weighted by Crippen LogP contribution is 2.32. The molecule has 10 nitrogen and oxygen atoms in total. The second-order valence-corrected chi connectivity index (χ2v) is 7.90. The van der Waals surface area contributed by atoms with Crippen molar-refractivity contribution >= 4 is 28.4 Å². The van der Waals surface area contributed by atoms with Gasteiger partial charge in [0.1, 0.15) is 5.82 Å². The Hall–Kier alpha value is -3.63. The van der Waals surface area contributed by atoms with Crippen molar-refractivity contribution in [2.75, 3.05) is 34.0 Å². The van der Waals surface area contributed by atoms with E-state index in [-0.39, 0.29) is 12.5 Å². The van der Waals surface area contributed by atoms with Crippen LogP contribution in [0.25, 0.3) is 22.3 Å². The number of ether oxygens (including phenoxy) is 3. The largest absolute Gasteiger partial charge is 0.493 e. The molecule has 0 saturated heterocycles. The normalized spacial score (nSPS) is 11.1. The van der Waals surface area contributed by atoms with Gasteiger partial charge in [-0.2, -0.15) is 10.2 Å². The SMILES string of the molecule is COCCNC(=O)COc1ccc(-c2nc(Cc3ccc4[nH]ncc4c3Cl)n(C)n2)cc1OC. The average Bonchev–Trinajstić information content (AvgIpc) is 3.47. The molecule has 0 saturated carbocycles. The van der Waals surface area contributed by atoms with Crippen LogP contribution >= 0.6 is 11.6 Å². The van der Waals surface area contributed by atoms with Crippen LogP contribution in [0, 0.1) is 0 Å². The fourth-order valence-electron chi connectivity index (χ4n) is 3.44. The first-order valence-electron chi connectivity index (χ1n) is 10.6. The van der Waals surface area contributed by atoms with Gasteiger partial charge in [0.05, 0.1) is 30.5 Å². The molecule has 0 fully saturated rings. The number of fused-ring (bicyclic) bond motifs is 1. The highest BCUT2D eigenvalue weighted by atomic mass is 35.5. The number of nitrogens with one attached hydrogen (secondary N) is 2. The highest BCUT2D eigenvalue weighted by molar-refractivity contribution is 6.36. The monoisotopic (exact) mass is 484 g/mol. The zero-order valence-corrected chi connectivity index (χ0v) is 19.8. The molecule has 0 aliphatic rings. The van der Waals surface area contributed by atoms with E-state index in [0.717, 1.165) is 27.9 Å². The van der Waals surface area contributed by atoms with E-state index in [1.807, 2.05) is 25.2 Å². The zero-order valence-electron chi connectivity index (χ0n) is 19.1. The van der Waals surface area contributed by atoms with Gasteiger partial charge in [-0.05, 0) is 29.8 Å². The number of aromatic nitrogens is 5. The topological polar surface area (TPSA) is 116 Å². The quantitative estimate of drug-likeness (QED) is 0.332. The predicted molar refractivity (Wildman–Crippen MR) is 127 cm³/mol. The van der Waals surface area contributed by atoms with Gasteiger partial charge in [0, 0.05) is 38.1 Å². The number of H-pyrrole nitrogens is 1. The van der Waals surface area contributed by atoms with Crippen LogP contribution in [0.15, 0.2) is 36.5 Å². The fourth-order valence-corrected chi connectivity index (χ4v) is 3.72. The lowest BCUT2D eigenvalue weighted by molar-refractivity contribution is -0.123. The lowest BCUT2D eigenvalue weighted by Gasteiger charge is -2.11. The number of halogens is 1. The molecule has 0 bridgehead atoms. The van der Waals surface area contributed by atoms with Crippen molar-refractivity contribution in [3.05, 3.63) is 52.9 Å². The van der Waals surface area contributed by atoms with E-state index in [2.05, 4.69) is 20.6 Å². The van der Waals surface area contributed by atoms with Crippen molar-refractivity contribution in [1.82, 2.24) is 30.3 Å². The lowest BCUT2D eigenvalue weighted by atomic mass is 10.1. The van der Waals surface area contributed by atoms with Crippen LogP contribution in [-0.4, -0.2) is 64.8 Å². The Bertz CT molecular complexity index is 1300. The minimum atomic E-state index is -0.244. The predicted octanol–water partition coefficient (Wildman–Crippen LogP) is 2.75. The Labute approximate surface area is 201 Å². The summed E-state index contributed by atoms with van der Waals surface area (Å²) in [5.41, 5.74) is 2.57. The Balaban J connectivity index is 1.49. The molecule has 2 aromatic carbocycles. The van der Waals surface area contributed by atoms with Crippen LogP contribution in [0.5, 0.6) is 11.5 Å². The van der Waals surface area contributed by atoms with Gasteiger partial charge in [-0.1, -0.05) is 17.7 Å². The molecule has 4 aromatic rings. The summed E-state index contributed by atoms with van der Waals surface area (Å²) in [4.78, 5) is 16.6. The number of aromatic amines is 1. The molecule has 2 aromatic heterocycles. The summed E-state index contributed by atoms with van der Waals surface area (Å²) in [6.45, 7) is 0.726. The van der Waals surface area contributed by atoms with E-state index in [1.165, 1.54) is 7.11 Å². The van der Waals surface area contributed by atoms with E-state index in [9.17, 15) is 4.79 Å². The number of carbonyl (C=O) groups is 1. The maximum Gasteiger partial charge on any atom is 0.258 e. The molecule has 0 spiro atoms. The smallest absolute Gasteiger partial charge is 0.258 e. The van der Waals surface area contributed by atoms with Gasteiger partial charge in [-0.25, -0.2) is 4.98 Å². The number of amides is 1. The first-order valence-corrected chi connectivity index (χ1v) is 10.9. The highest BCUT2D eigenvalue weighted by Gasteiger charge is 2.16.